The molecular formula is C24H20F3N3O5. The molecular weight excluding hydrogens is 467 g/mol. The predicted octanol–water partition coefficient (Wildman–Crippen LogP) is 4.57. The summed E-state index contributed by atoms with van der Waals surface area (Å²) >= 11 is 0. The molecule has 0 radical (unpaired) electrons. The van der Waals surface area contributed by atoms with Gasteiger partial charge in [0.2, 0.25) is 0 Å². The summed E-state index contributed by atoms with van der Waals surface area (Å²) in [6.07, 6.45) is -3.67. The Kier molecular flexibility index (Phi) is 6.10. The summed E-state index contributed by atoms with van der Waals surface area (Å²) < 4.78 is 45.2. The van der Waals surface area contributed by atoms with E-state index >= 15 is 0 Å². The average Bonchev–Trinajstić information content (AvgIpc) is 2.82. The summed E-state index contributed by atoms with van der Waals surface area (Å²) in [6.45, 7) is 0. The summed E-state index contributed by atoms with van der Waals surface area (Å²) in [6, 6.07) is 9.77. The van der Waals surface area contributed by atoms with E-state index in [0.29, 0.717) is 24.1 Å². The lowest BCUT2D eigenvalue weighted by molar-refractivity contribution is -0.384. The molecule has 182 valence electrons. The molecule has 0 amide bonds. The molecule has 8 nitrogen and oxygen atoms in total. The highest BCUT2D eigenvalue weighted by molar-refractivity contribution is 6.05. The van der Waals surface area contributed by atoms with Crippen molar-refractivity contribution in [3.63, 3.8) is 0 Å². The number of non-ortho nitro benzene ring substituents is 1. The highest BCUT2D eigenvalue weighted by Crippen LogP contribution is 2.47. The number of rotatable bonds is 4. The number of carbonyl (C=O) groups is 2. The largest absolute Gasteiger partial charge is 0.466 e. The first-order valence-electron chi connectivity index (χ1n) is 10.6. The average molecular weight is 487 g/mol. The third-order valence-electron chi connectivity index (χ3n) is 6.07. The van der Waals surface area contributed by atoms with Crippen molar-refractivity contribution in [2.24, 2.45) is 5.73 Å². The van der Waals surface area contributed by atoms with Crippen molar-refractivity contribution in [3.05, 3.63) is 92.4 Å². The Bertz CT molecular complexity index is 1280. The van der Waals surface area contributed by atoms with Crippen LogP contribution in [-0.2, 0) is 20.5 Å². The van der Waals surface area contributed by atoms with Crippen LogP contribution in [0.5, 0.6) is 0 Å². The van der Waals surface area contributed by atoms with Crippen molar-refractivity contribution in [2.45, 2.75) is 31.4 Å². The maximum Gasteiger partial charge on any atom is 0.416 e. The van der Waals surface area contributed by atoms with Gasteiger partial charge in [0.05, 0.1) is 29.1 Å². The van der Waals surface area contributed by atoms with E-state index in [0.717, 1.165) is 19.2 Å². The van der Waals surface area contributed by atoms with E-state index in [9.17, 15) is 32.9 Å². The molecule has 11 heteroatoms. The van der Waals surface area contributed by atoms with Crippen molar-refractivity contribution in [1.82, 2.24) is 0 Å². The molecule has 4 rings (SSSR count). The van der Waals surface area contributed by atoms with Crippen LogP contribution >= 0.6 is 0 Å². The second kappa shape index (κ2) is 8.90. The van der Waals surface area contributed by atoms with E-state index in [1.165, 1.54) is 41.3 Å². The molecule has 0 spiro atoms. The molecule has 2 aromatic carbocycles. The minimum Gasteiger partial charge on any atom is -0.466 e. The molecule has 1 heterocycles. The van der Waals surface area contributed by atoms with E-state index in [4.69, 9.17) is 10.5 Å². The number of methoxy groups -OCH3 is 1. The van der Waals surface area contributed by atoms with E-state index in [1.807, 2.05) is 0 Å². The van der Waals surface area contributed by atoms with Crippen LogP contribution < -0.4 is 10.6 Å². The van der Waals surface area contributed by atoms with Crippen molar-refractivity contribution in [2.75, 3.05) is 12.0 Å². The van der Waals surface area contributed by atoms with Gasteiger partial charge in [0.1, 0.15) is 5.82 Å². The first-order valence-corrected chi connectivity index (χ1v) is 10.6. The van der Waals surface area contributed by atoms with Gasteiger partial charge >= 0.3 is 12.1 Å². The molecule has 0 aromatic heterocycles. The number of nitrogens with two attached hydrogens (primary N) is 1. The van der Waals surface area contributed by atoms with Gasteiger partial charge < -0.3 is 10.5 Å². The number of benzene rings is 2. The molecule has 1 aliphatic heterocycles. The molecule has 0 saturated carbocycles. The van der Waals surface area contributed by atoms with Crippen LogP contribution in [0.2, 0.25) is 0 Å². The number of carbonyl (C=O) groups excluding carboxylic acids is 2. The second-order valence-electron chi connectivity index (χ2n) is 8.09. The van der Waals surface area contributed by atoms with Crippen LogP contribution in [0.4, 0.5) is 24.5 Å². The van der Waals surface area contributed by atoms with Gasteiger partial charge in [-0.3, -0.25) is 19.8 Å². The monoisotopic (exact) mass is 487 g/mol. The Labute approximate surface area is 197 Å². The number of esters is 1. The number of allylic oxidation sites excluding steroid dienone is 2. The number of nitro benzene ring substituents is 1. The lowest BCUT2D eigenvalue weighted by atomic mass is 9.75. The number of Topliss-reactive ketones (excluding diaryl/α,β-unsaturated/α-hetero) is 1. The van der Waals surface area contributed by atoms with E-state index in [-0.39, 0.29) is 40.5 Å². The SMILES string of the molecule is COC(=O)C1=C(N)N(c2cccc(C(F)(F)F)c2)C2=C(C(=O)CCC2)[C@H]1c1ccc([N+](=O)[O-])cc1. The first kappa shape index (κ1) is 24.0. The maximum atomic E-state index is 13.4. The summed E-state index contributed by atoms with van der Waals surface area (Å²) in [5.41, 5.74) is 6.22. The molecule has 1 atom stereocenters. The standard InChI is InChI=1S/C24H20F3N3O5/c1-35-23(32)21-19(13-8-10-15(11-9-13)30(33)34)20-17(6-3-7-18(20)31)29(22(21)28)16-5-2-4-14(12-16)24(25,26)27/h2,4-5,8-12,19H,3,6-7,28H2,1H3/t19-/m1/s1. The zero-order chi connectivity index (χ0) is 25.5. The molecule has 0 fully saturated rings. The number of ether oxygens (including phenoxy) is 1. The Morgan fingerprint density at radius 1 is 1.17 bits per heavy atom. The Morgan fingerprint density at radius 3 is 2.46 bits per heavy atom. The number of halogens is 3. The highest BCUT2D eigenvalue weighted by Gasteiger charge is 2.43. The summed E-state index contributed by atoms with van der Waals surface area (Å²) in [7, 11) is 1.12. The summed E-state index contributed by atoms with van der Waals surface area (Å²) in [5, 5.41) is 11.1. The topological polar surface area (TPSA) is 116 Å². The van der Waals surface area contributed by atoms with Crippen LogP contribution in [0.25, 0.3) is 0 Å². The van der Waals surface area contributed by atoms with Gasteiger partial charge in [-0.15, -0.1) is 0 Å². The fraction of sp³-hybridized carbons (Fsp3) is 0.250. The fourth-order valence-corrected chi connectivity index (χ4v) is 4.54. The molecule has 2 aliphatic rings. The van der Waals surface area contributed by atoms with Gasteiger partial charge in [-0.2, -0.15) is 13.2 Å². The quantitative estimate of drug-likeness (QED) is 0.382. The van der Waals surface area contributed by atoms with Gasteiger partial charge in [-0.25, -0.2) is 4.79 Å². The van der Waals surface area contributed by atoms with Gasteiger partial charge in [-0.1, -0.05) is 18.2 Å². The van der Waals surface area contributed by atoms with E-state index < -0.39 is 28.6 Å². The maximum absolute atomic E-state index is 13.4. The van der Waals surface area contributed by atoms with E-state index in [2.05, 4.69) is 0 Å². The summed E-state index contributed by atoms with van der Waals surface area (Å²) in [5.74, 6) is -2.32. The number of hydrogen-bond donors (Lipinski definition) is 1. The molecule has 35 heavy (non-hydrogen) atoms. The third-order valence-corrected chi connectivity index (χ3v) is 6.07. The molecule has 0 unspecified atom stereocenters. The Morgan fingerprint density at radius 2 is 1.86 bits per heavy atom. The van der Waals surface area contributed by atoms with Gasteiger partial charge in [-0.05, 0) is 36.6 Å². The molecule has 0 bridgehead atoms. The highest BCUT2D eigenvalue weighted by atomic mass is 19.4. The van der Waals surface area contributed by atoms with Crippen LogP contribution in [-0.4, -0.2) is 23.8 Å². The van der Waals surface area contributed by atoms with Gasteiger partial charge in [0, 0.05) is 35.5 Å². The number of nitro groups is 1. The van der Waals surface area contributed by atoms with Crippen molar-refractivity contribution >= 4 is 23.1 Å². The molecule has 0 saturated heterocycles. The smallest absolute Gasteiger partial charge is 0.416 e. The van der Waals surface area contributed by atoms with Crippen LogP contribution in [0, 0.1) is 10.1 Å². The van der Waals surface area contributed by atoms with Crippen molar-refractivity contribution in [3.8, 4) is 0 Å². The zero-order valence-corrected chi connectivity index (χ0v) is 18.5. The van der Waals surface area contributed by atoms with Crippen molar-refractivity contribution in [1.29, 1.82) is 0 Å². The van der Waals surface area contributed by atoms with Crippen molar-refractivity contribution < 1.29 is 32.4 Å². The first-order chi connectivity index (χ1) is 16.5. The Hall–Kier alpha value is -4.15. The number of nitrogens with zero attached hydrogens (tertiary/aromatic N) is 2. The predicted molar refractivity (Wildman–Crippen MR) is 119 cm³/mol. The second-order valence-corrected chi connectivity index (χ2v) is 8.09. The van der Waals surface area contributed by atoms with Crippen LogP contribution in [0.3, 0.4) is 0 Å². The minimum absolute atomic E-state index is 0.0445. The van der Waals surface area contributed by atoms with Gasteiger partial charge in [0.25, 0.3) is 5.69 Å². The molecule has 2 N–H and O–H groups in total. The number of anilines is 1. The normalized spacial score (nSPS) is 18.5. The lowest BCUT2D eigenvalue weighted by Gasteiger charge is -2.40. The number of alkyl halides is 3. The fourth-order valence-electron chi connectivity index (χ4n) is 4.54. The van der Waals surface area contributed by atoms with Crippen LogP contribution in [0.1, 0.15) is 36.3 Å². The van der Waals surface area contributed by atoms with Gasteiger partial charge in [0.15, 0.2) is 5.78 Å². The third kappa shape index (κ3) is 4.25. The molecule has 2 aromatic rings. The Balaban J connectivity index is 1.97. The van der Waals surface area contributed by atoms with E-state index in [1.54, 1.807) is 0 Å². The summed E-state index contributed by atoms with van der Waals surface area (Å²) in [4.78, 5) is 37.9. The number of ketones is 1. The lowest BCUT2D eigenvalue weighted by Crippen LogP contribution is -2.41. The minimum atomic E-state index is -4.61. The van der Waals surface area contributed by atoms with Crippen LogP contribution in [0.15, 0.2) is 71.2 Å². The molecule has 1 aliphatic carbocycles. The number of hydrogen-bond acceptors (Lipinski definition) is 7. The zero-order valence-electron chi connectivity index (χ0n) is 18.5.